The second-order valence-electron chi connectivity index (χ2n) is 3.79. The van der Waals surface area contributed by atoms with Crippen molar-refractivity contribution < 1.29 is 13.9 Å². The molecule has 5 heteroatoms. The maximum Gasteiger partial charge on any atom is 0.214 e. The van der Waals surface area contributed by atoms with Gasteiger partial charge in [-0.2, -0.15) is 4.39 Å². The van der Waals surface area contributed by atoms with Gasteiger partial charge in [-0.05, 0) is 29.8 Å². The van der Waals surface area contributed by atoms with Gasteiger partial charge in [0.2, 0.25) is 5.95 Å². The van der Waals surface area contributed by atoms with E-state index >= 15 is 0 Å². The van der Waals surface area contributed by atoms with E-state index in [0.717, 1.165) is 0 Å². The van der Waals surface area contributed by atoms with Crippen LogP contribution in [0.2, 0.25) is 0 Å². The minimum atomic E-state index is -0.810. The summed E-state index contributed by atoms with van der Waals surface area (Å²) in [5, 5.41) is 12.6. The molecule has 0 aliphatic carbocycles. The van der Waals surface area contributed by atoms with Gasteiger partial charge in [0, 0.05) is 6.54 Å². The summed E-state index contributed by atoms with van der Waals surface area (Å²) in [6, 6.07) is 9.91. The lowest BCUT2D eigenvalue weighted by Crippen LogP contribution is -2.13. The van der Waals surface area contributed by atoms with E-state index in [9.17, 15) is 13.9 Å². The minimum Gasteiger partial charge on any atom is -0.387 e. The first-order valence-corrected chi connectivity index (χ1v) is 5.45. The van der Waals surface area contributed by atoms with E-state index in [1.807, 2.05) is 0 Å². The summed E-state index contributed by atoms with van der Waals surface area (Å²) in [6.45, 7) is 0.169. The molecule has 18 heavy (non-hydrogen) atoms. The monoisotopic (exact) mass is 250 g/mol. The standard InChI is InChI=1S/C13H12F2N2O/c14-10-6-4-9(5-7-10)11(18)8-16-13-3-1-2-12(15)17-13/h1-7,11,18H,8H2,(H,16,17). The van der Waals surface area contributed by atoms with Crippen LogP contribution < -0.4 is 5.32 Å². The number of aliphatic hydroxyl groups excluding tert-OH is 1. The summed E-state index contributed by atoms with van der Waals surface area (Å²) in [7, 11) is 0. The first-order chi connectivity index (χ1) is 8.65. The fourth-order valence-corrected chi connectivity index (χ4v) is 1.51. The number of aromatic nitrogens is 1. The Kier molecular flexibility index (Phi) is 3.84. The van der Waals surface area contributed by atoms with Crippen LogP contribution in [0.25, 0.3) is 0 Å². The Labute approximate surface area is 103 Å². The number of benzene rings is 1. The molecule has 0 saturated carbocycles. The van der Waals surface area contributed by atoms with Gasteiger partial charge in [-0.25, -0.2) is 9.37 Å². The smallest absolute Gasteiger partial charge is 0.214 e. The number of nitrogens with one attached hydrogen (secondary N) is 1. The molecule has 1 atom stereocenters. The second-order valence-corrected chi connectivity index (χ2v) is 3.79. The third-order valence-corrected chi connectivity index (χ3v) is 2.45. The van der Waals surface area contributed by atoms with E-state index in [4.69, 9.17) is 0 Å². The Morgan fingerprint density at radius 3 is 2.50 bits per heavy atom. The number of hydrogen-bond acceptors (Lipinski definition) is 3. The third kappa shape index (κ3) is 3.24. The molecule has 2 aromatic rings. The van der Waals surface area contributed by atoms with Gasteiger partial charge in [0.25, 0.3) is 0 Å². The van der Waals surface area contributed by atoms with Gasteiger partial charge in [-0.1, -0.05) is 18.2 Å². The van der Waals surface area contributed by atoms with Crippen molar-refractivity contribution in [2.75, 3.05) is 11.9 Å². The second kappa shape index (κ2) is 5.55. The van der Waals surface area contributed by atoms with Gasteiger partial charge in [-0.3, -0.25) is 0 Å². The number of aliphatic hydroxyl groups is 1. The third-order valence-electron chi connectivity index (χ3n) is 2.45. The van der Waals surface area contributed by atoms with E-state index in [1.165, 1.54) is 36.4 Å². The molecule has 94 valence electrons. The lowest BCUT2D eigenvalue weighted by molar-refractivity contribution is 0.191. The molecule has 1 heterocycles. The van der Waals surface area contributed by atoms with Crippen LogP contribution in [0, 0.1) is 11.8 Å². The van der Waals surface area contributed by atoms with Crippen molar-refractivity contribution in [1.82, 2.24) is 4.98 Å². The highest BCUT2D eigenvalue weighted by atomic mass is 19.1. The van der Waals surface area contributed by atoms with E-state index in [-0.39, 0.29) is 12.4 Å². The summed E-state index contributed by atoms with van der Waals surface area (Å²) in [5.41, 5.74) is 0.584. The zero-order valence-corrected chi connectivity index (χ0v) is 9.48. The first kappa shape index (κ1) is 12.4. The molecule has 0 saturated heterocycles. The number of rotatable bonds is 4. The Hall–Kier alpha value is -2.01. The number of nitrogens with zero attached hydrogens (tertiary/aromatic N) is 1. The average molecular weight is 250 g/mol. The summed E-state index contributed by atoms with van der Waals surface area (Å²) in [6.07, 6.45) is -0.810. The maximum absolute atomic E-state index is 12.8. The zero-order chi connectivity index (χ0) is 13.0. The van der Waals surface area contributed by atoms with Crippen LogP contribution in [0.3, 0.4) is 0 Å². The first-order valence-electron chi connectivity index (χ1n) is 5.45. The topological polar surface area (TPSA) is 45.1 Å². The quantitative estimate of drug-likeness (QED) is 0.819. The van der Waals surface area contributed by atoms with Crippen LogP contribution in [0.4, 0.5) is 14.6 Å². The Morgan fingerprint density at radius 2 is 1.83 bits per heavy atom. The van der Waals surface area contributed by atoms with Crippen LogP contribution >= 0.6 is 0 Å². The molecular formula is C13H12F2N2O. The van der Waals surface area contributed by atoms with Crippen molar-refractivity contribution in [3.05, 3.63) is 59.8 Å². The molecule has 0 spiro atoms. The highest BCUT2D eigenvalue weighted by molar-refractivity contribution is 5.34. The fraction of sp³-hybridized carbons (Fsp3) is 0.154. The van der Waals surface area contributed by atoms with Gasteiger partial charge in [0.05, 0.1) is 6.10 Å². The number of pyridine rings is 1. The minimum absolute atomic E-state index is 0.169. The summed E-state index contributed by atoms with van der Waals surface area (Å²) >= 11 is 0. The SMILES string of the molecule is OC(CNc1cccc(F)n1)c1ccc(F)cc1. The van der Waals surface area contributed by atoms with E-state index in [0.29, 0.717) is 11.4 Å². The summed E-state index contributed by atoms with van der Waals surface area (Å²) in [4.78, 5) is 3.60. The van der Waals surface area contributed by atoms with E-state index in [2.05, 4.69) is 10.3 Å². The van der Waals surface area contributed by atoms with Crippen molar-refractivity contribution in [2.24, 2.45) is 0 Å². The van der Waals surface area contributed by atoms with Gasteiger partial charge < -0.3 is 10.4 Å². The van der Waals surface area contributed by atoms with E-state index < -0.39 is 12.1 Å². The Bertz CT molecular complexity index is 517. The van der Waals surface area contributed by atoms with Crippen LogP contribution in [-0.2, 0) is 0 Å². The van der Waals surface area contributed by atoms with Crippen LogP contribution in [0.5, 0.6) is 0 Å². The molecule has 2 rings (SSSR count). The van der Waals surface area contributed by atoms with Crippen molar-refractivity contribution in [2.45, 2.75) is 6.10 Å². The summed E-state index contributed by atoms with van der Waals surface area (Å²) in [5.74, 6) is -0.599. The fourth-order valence-electron chi connectivity index (χ4n) is 1.51. The molecule has 1 aromatic carbocycles. The lowest BCUT2D eigenvalue weighted by Gasteiger charge is -2.12. The molecular weight excluding hydrogens is 238 g/mol. The molecule has 1 aromatic heterocycles. The molecule has 1 unspecified atom stereocenters. The zero-order valence-electron chi connectivity index (χ0n) is 9.48. The number of halogens is 2. The van der Waals surface area contributed by atoms with Gasteiger partial charge in [0.1, 0.15) is 11.6 Å². The molecule has 0 radical (unpaired) electrons. The lowest BCUT2D eigenvalue weighted by atomic mass is 10.1. The Morgan fingerprint density at radius 1 is 1.11 bits per heavy atom. The molecule has 0 amide bonds. The average Bonchev–Trinajstić information content (AvgIpc) is 2.37. The molecule has 0 bridgehead atoms. The van der Waals surface area contributed by atoms with Gasteiger partial charge in [0.15, 0.2) is 0 Å². The van der Waals surface area contributed by atoms with Crippen LogP contribution in [0.1, 0.15) is 11.7 Å². The number of hydrogen-bond donors (Lipinski definition) is 2. The van der Waals surface area contributed by atoms with Crippen LogP contribution in [-0.4, -0.2) is 16.6 Å². The maximum atomic E-state index is 12.8. The van der Waals surface area contributed by atoms with Crippen molar-refractivity contribution in [3.63, 3.8) is 0 Å². The normalized spacial score (nSPS) is 12.2. The number of anilines is 1. The predicted octanol–water partition coefficient (Wildman–Crippen LogP) is 2.51. The van der Waals surface area contributed by atoms with E-state index in [1.54, 1.807) is 6.07 Å². The molecule has 0 aliphatic heterocycles. The van der Waals surface area contributed by atoms with Crippen molar-refractivity contribution >= 4 is 5.82 Å². The molecule has 0 aliphatic rings. The van der Waals surface area contributed by atoms with Crippen LogP contribution in [0.15, 0.2) is 42.5 Å². The van der Waals surface area contributed by atoms with Gasteiger partial charge in [-0.15, -0.1) is 0 Å². The molecule has 2 N–H and O–H groups in total. The summed E-state index contributed by atoms with van der Waals surface area (Å²) < 4.78 is 25.5. The predicted molar refractivity (Wildman–Crippen MR) is 64.0 cm³/mol. The van der Waals surface area contributed by atoms with Crippen molar-refractivity contribution in [3.8, 4) is 0 Å². The largest absolute Gasteiger partial charge is 0.387 e. The Balaban J connectivity index is 1.96. The molecule has 0 fully saturated rings. The van der Waals surface area contributed by atoms with Gasteiger partial charge >= 0.3 is 0 Å². The van der Waals surface area contributed by atoms with Crippen molar-refractivity contribution in [1.29, 1.82) is 0 Å². The molecule has 3 nitrogen and oxygen atoms in total. The highest BCUT2D eigenvalue weighted by Crippen LogP contribution is 2.14. The highest BCUT2D eigenvalue weighted by Gasteiger charge is 2.07.